The van der Waals surface area contributed by atoms with Gasteiger partial charge in [0.1, 0.15) is 36.3 Å². The van der Waals surface area contributed by atoms with Gasteiger partial charge in [-0.1, -0.05) is 0 Å². The summed E-state index contributed by atoms with van der Waals surface area (Å²) < 4.78 is 63.0. The van der Waals surface area contributed by atoms with Gasteiger partial charge in [-0.2, -0.15) is 4.98 Å². The zero-order valence-electron chi connectivity index (χ0n) is 24.0. The van der Waals surface area contributed by atoms with Crippen LogP contribution in [0.5, 0.6) is 0 Å². The topological polar surface area (TPSA) is 335 Å². The standard InChI is InChI=1S/C22H29N11O12P2/c23-2-1-8-9-3-40-47(38,39)45-15-10(43-20(13(15)34)32-6-28-11-16(24)26-5-27-17(11)32)4-41-46(36,37)44-14(8)21(42-9)33-7-29-12-18(33)30-22(25)31-19(12)35/h5-10,13-15,20-21,34H,1-4,23H2,(H,36,37)(H,38,39)(H2,24,26,27)(H3,25,30,31,35)/t8?,9-,10-,13+,14?,15?,20-,21-/m1/s1. The fraction of sp³-hybridized carbons (Fsp3) is 0.545. The number of aliphatic hydroxyl groups excluding tert-OH is 1. The molecule has 0 radical (unpaired) electrons. The number of nitrogens with two attached hydrogens (primary N) is 3. The van der Waals surface area contributed by atoms with Crippen LogP contribution >= 0.6 is 15.6 Å². The molecule has 254 valence electrons. The molecule has 7 heterocycles. The van der Waals surface area contributed by atoms with Gasteiger partial charge in [0.05, 0.1) is 32.0 Å². The average Bonchev–Trinajstić information content (AvgIpc) is 3.76. The maximum absolute atomic E-state index is 13.5. The number of hydrogen-bond donors (Lipinski definition) is 7. The predicted molar refractivity (Wildman–Crippen MR) is 155 cm³/mol. The summed E-state index contributed by atoms with van der Waals surface area (Å²) in [5, 5.41) is 11.2. The van der Waals surface area contributed by atoms with Crippen molar-refractivity contribution in [3.05, 3.63) is 29.3 Å². The molecular formula is C22H29N11O12P2. The van der Waals surface area contributed by atoms with E-state index in [9.17, 15) is 28.8 Å². The van der Waals surface area contributed by atoms with Crippen LogP contribution < -0.4 is 22.8 Å². The van der Waals surface area contributed by atoms with Gasteiger partial charge in [0.2, 0.25) is 5.95 Å². The van der Waals surface area contributed by atoms with Crippen molar-refractivity contribution in [2.75, 3.05) is 31.2 Å². The van der Waals surface area contributed by atoms with Gasteiger partial charge in [-0.05, 0) is 13.0 Å². The maximum atomic E-state index is 13.5. The molecule has 0 saturated carbocycles. The van der Waals surface area contributed by atoms with Crippen LogP contribution in [-0.2, 0) is 36.7 Å². The zero-order chi connectivity index (χ0) is 33.2. The highest BCUT2D eigenvalue weighted by Gasteiger charge is 2.54. The van der Waals surface area contributed by atoms with Crippen LogP contribution in [0.25, 0.3) is 22.3 Å². The van der Waals surface area contributed by atoms with Crippen molar-refractivity contribution in [1.82, 2.24) is 39.0 Å². The van der Waals surface area contributed by atoms with Crippen molar-refractivity contribution in [3.63, 3.8) is 0 Å². The van der Waals surface area contributed by atoms with Crippen LogP contribution in [0, 0.1) is 5.92 Å². The quantitative estimate of drug-likeness (QED) is 0.116. The van der Waals surface area contributed by atoms with E-state index in [-0.39, 0.29) is 47.1 Å². The first-order valence-electron chi connectivity index (χ1n) is 14.0. The summed E-state index contributed by atoms with van der Waals surface area (Å²) >= 11 is 0. The Kier molecular flexibility index (Phi) is 8.14. The fourth-order valence-corrected chi connectivity index (χ4v) is 7.87. The molecule has 0 spiro atoms. The second-order valence-corrected chi connectivity index (χ2v) is 13.7. The Bertz CT molecular complexity index is 1970. The SMILES string of the molecule is NCCC1C2OP(=O)(O)OC[C@H]3O[C@@H](n4cnc5c(N)ncnc54)[C@@H](O)C3OP(=O)(O)OC[C@H]1O[C@H]2n1cnc2c(=O)[nH]c(N)nc21. The lowest BCUT2D eigenvalue weighted by Gasteiger charge is -2.26. The van der Waals surface area contributed by atoms with E-state index < -0.39 is 83.3 Å². The largest absolute Gasteiger partial charge is 0.472 e. The van der Waals surface area contributed by atoms with Crippen LogP contribution in [-0.4, -0.2) is 104 Å². The molecule has 4 aromatic rings. The number of H-pyrrole nitrogens is 1. The number of nitrogens with one attached hydrogen (secondary N) is 1. The van der Waals surface area contributed by atoms with E-state index in [4.69, 9.17) is 44.8 Å². The number of phosphoric acid groups is 2. The highest BCUT2D eigenvalue weighted by Crippen LogP contribution is 2.55. The van der Waals surface area contributed by atoms with Gasteiger partial charge in [-0.25, -0.2) is 29.1 Å². The van der Waals surface area contributed by atoms with E-state index in [0.29, 0.717) is 0 Å². The number of phosphoric ester groups is 2. The Hall–Kier alpha value is -3.44. The van der Waals surface area contributed by atoms with Gasteiger partial charge in [0.25, 0.3) is 5.56 Å². The van der Waals surface area contributed by atoms with Crippen molar-refractivity contribution in [2.24, 2.45) is 11.7 Å². The highest BCUT2D eigenvalue weighted by molar-refractivity contribution is 7.47. The number of aromatic nitrogens is 8. The van der Waals surface area contributed by atoms with Crippen molar-refractivity contribution in [2.45, 2.75) is 49.4 Å². The molecule has 3 aliphatic rings. The van der Waals surface area contributed by atoms with Gasteiger partial charge in [-0.15, -0.1) is 0 Å². The Morgan fingerprint density at radius 2 is 1.53 bits per heavy atom. The third kappa shape index (κ3) is 5.83. The summed E-state index contributed by atoms with van der Waals surface area (Å²) in [6.07, 6.45) is -6.07. The number of anilines is 2. The summed E-state index contributed by atoms with van der Waals surface area (Å²) in [4.78, 5) is 56.7. The monoisotopic (exact) mass is 701 g/mol. The minimum absolute atomic E-state index is 0.0369. The number of nitrogens with zero attached hydrogens (tertiary/aromatic N) is 7. The second kappa shape index (κ2) is 11.9. The Morgan fingerprint density at radius 3 is 2.26 bits per heavy atom. The van der Waals surface area contributed by atoms with Crippen molar-refractivity contribution < 1.29 is 51.6 Å². The fourth-order valence-electron chi connectivity index (χ4n) is 5.94. The molecule has 7 rings (SSSR count). The minimum Gasteiger partial charge on any atom is -0.386 e. The summed E-state index contributed by atoms with van der Waals surface area (Å²) in [5.41, 5.74) is 17.0. The van der Waals surface area contributed by atoms with Crippen LogP contribution in [0.2, 0.25) is 0 Å². The van der Waals surface area contributed by atoms with Crippen LogP contribution in [0.3, 0.4) is 0 Å². The molecule has 47 heavy (non-hydrogen) atoms. The third-order valence-corrected chi connectivity index (χ3v) is 9.97. The maximum Gasteiger partial charge on any atom is 0.472 e. The molecule has 3 aliphatic heterocycles. The molecule has 0 amide bonds. The summed E-state index contributed by atoms with van der Waals surface area (Å²) in [7, 11) is -10.0. The number of ether oxygens (including phenoxy) is 2. The predicted octanol–water partition coefficient (Wildman–Crippen LogP) is -1.74. The second-order valence-electron chi connectivity index (χ2n) is 10.9. The van der Waals surface area contributed by atoms with Crippen LogP contribution in [0.15, 0.2) is 23.8 Å². The molecule has 10 atom stereocenters. The molecule has 0 aliphatic carbocycles. The van der Waals surface area contributed by atoms with Crippen molar-refractivity contribution >= 4 is 49.7 Å². The van der Waals surface area contributed by atoms with E-state index in [1.807, 2.05) is 0 Å². The number of rotatable bonds is 4. The first-order chi connectivity index (χ1) is 22.4. The number of fused-ring (bicyclic) bond motifs is 5. The van der Waals surface area contributed by atoms with E-state index in [1.165, 1.54) is 21.8 Å². The summed E-state index contributed by atoms with van der Waals surface area (Å²) in [6, 6.07) is 0. The molecule has 23 nitrogen and oxygen atoms in total. The van der Waals surface area contributed by atoms with E-state index in [1.54, 1.807) is 0 Å². The highest BCUT2D eigenvalue weighted by atomic mass is 31.2. The van der Waals surface area contributed by atoms with E-state index >= 15 is 0 Å². The zero-order valence-corrected chi connectivity index (χ0v) is 25.7. The number of aromatic amines is 1. The first kappa shape index (κ1) is 32.1. The van der Waals surface area contributed by atoms with Crippen molar-refractivity contribution in [1.29, 1.82) is 0 Å². The van der Waals surface area contributed by atoms with Gasteiger partial charge in [0, 0.05) is 5.92 Å². The normalized spacial score (nSPS) is 36.6. The Balaban J connectivity index is 1.23. The third-order valence-electron chi connectivity index (χ3n) is 8.00. The van der Waals surface area contributed by atoms with Gasteiger partial charge in [-0.3, -0.25) is 37.0 Å². The number of nitrogen functional groups attached to an aromatic ring is 2. The number of imidazole rings is 2. The molecule has 25 heteroatoms. The minimum atomic E-state index is -5.02. The van der Waals surface area contributed by atoms with Crippen LogP contribution in [0.1, 0.15) is 18.9 Å². The smallest absolute Gasteiger partial charge is 0.386 e. The molecule has 2 bridgehead atoms. The molecule has 0 aromatic carbocycles. The number of hydrogen-bond acceptors (Lipinski definition) is 18. The summed E-state index contributed by atoms with van der Waals surface area (Å²) in [5.74, 6) is -1.02. The molecule has 5 unspecified atom stereocenters. The lowest BCUT2D eigenvalue weighted by atomic mass is 9.94. The average molecular weight is 701 g/mol. The molecule has 3 fully saturated rings. The molecule has 3 saturated heterocycles. The number of aliphatic hydroxyl groups is 1. The van der Waals surface area contributed by atoms with Gasteiger partial charge >= 0.3 is 15.6 Å². The Morgan fingerprint density at radius 1 is 0.894 bits per heavy atom. The summed E-state index contributed by atoms with van der Waals surface area (Å²) in [6.45, 7) is -1.34. The molecule has 4 aromatic heterocycles. The first-order valence-corrected chi connectivity index (χ1v) is 17.0. The van der Waals surface area contributed by atoms with Gasteiger partial charge in [0.15, 0.2) is 35.1 Å². The van der Waals surface area contributed by atoms with E-state index in [0.717, 1.165) is 6.33 Å². The lowest BCUT2D eigenvalue weighted by molar-refractivity contribution is -0.0671. The van der Waals surface area contributed by atoms with Gasteiger partial charge < -0.3 is 41.6 Å². The molecular weight excluding hydrogens is 672 g/mol. The van der Waals surface area contributed by atoms with Crippen LogP contribution in [0.4, 0.5) is 11.8 Å². The van der Waals surface area contributed by atoms with Crippen molar-refractivity contribution in [3.8, 4) is 0 Å². The lowest BCUT2D eigenvalue weighted by Crippen LogP contribution is -2.36. The molecule has 10 N–H and O–H groups in total. The Labute approximate surface area is 262 Å². The van der Waals surface area contributed by atoms with E-state index in [2.05, 4.69) is 29.9 Å².